The van der Waals surface area contributed by atoms with Gasteiger partial charge in [0.05, 0.1) is 20.8 Å². The molecule has 0 saturated carbocycles. The van der Waals surface area contributed by atoms with Crippen molar-refractivity contribution >= 4 is 5.97 Å². The molecule has 3 aromatic carbocycles. The fourth-order valence-corrected chi connectivity index (χ4v) is 4.06. The van der Waals surface area contributed by atoms with Crippen molar-refractivity contribution in [2.24, 2.45) is 0 Å². The molecule has 0 amide bonds. The lowest BCUT2D eigenvalue weighted by atomic mass is 9.96. The van der Waals surface area contributed by atoms with E-state index >= 15 is 0 Å². The van der Waals surface area contributed by atoms with Crippen LogP contribution in [-0.4, -0.2) is 38.5 Å². The summed E-state index contributed by atoms with van der Waals surface area (Å²) >= 11 is 0. The first kappa shape index (κ1) is 26.9. The zero-order valence-electron chi connectivity index (χ0n) is 21.4. The van der Waals surface area contributed by atoms with Crippen molar-refractivity contribution < 1.29 is 28.8 Å². The predicted molar refractivity (Wildman–Crippen MR) is 142 cm³/mol. The standard InChI is InChI=1S/C30H36O6/c1-4-5-6-7-8-9-16-35-26-19-27(22-12-10-14-24(17-22)33-2)30(36-21-29(31)32)28(20-26)23-13-11-15-25(18-23)34-3/h10-15,17-20H,4-9,16,21H2,1-3H3,(H,31,32). The summed E-state index contributed by atoms with van der Waals surface area (Å²) in [5.41, 5.74) is 3.13. The van der Waals surface area contributed by atoms with Gasteiger partial charge in [0, 0.05) is 11.1 Å². The van der Waals surface area contributed by atoms with Gasteiger partial charge in [0.1, 0.15) is 23.0 Å². The van der Waals surface area contributed by atoms with Crippen molar-refractivity contribution in [3.63, 3.8) is 0 Å². The van der Waals surface area contributed by atoms with E-state index in [0.717, 1.165) is 35.1 Å². The van der Waals surface area contributed by atoms with E-state index in [1.165, 1.54) is 25.7 Å². The summed E-state index contributed by atoms with van der Waals surface area (Å²) in [6, 6.07) is 19.0. The lowest BCUT2D eigenvalue weighted by Crippen LogP contribution is -2.11. The second-order valence-electron chi connectivity index (χ2n) is 8.61. The minimum atomic E-state index is -1.05. The number of carbonyl (C=O) groups is 1. The number of unbranched alkanes of at least 4 members (excludes halogenated alkanes) is 5. The molecule has 0 heterocycles. The summed E-state index contributed by atoms with van der Waals surface area (Å²) in [4.78, 5) is 11.4. The third kappa shape index (κ3) is 7.67. The van der Waals surface area contributed by atoms with Gasteiger partial charge in [-0.05, 0) is 53.9 Å². The van der Waals surface area contributed by atoms with Crippen LogP contribution in [0, 0.1) is 0 Å². The van der Waals surface area contributed by atoms with Crippen molar-refractivity contribution in [3.05, 3.63) is 60.7 Å². The first-order valence-corrected chi connectivity index (χ1v) is 12.5. The minimum Gasteiger partial charge on any atom is -0.497 e. The van der Waals surface area contributed by atoms with Gasteiger partial charge in [-0.1, -0.05) is 63.3 Å². The second-order valence-corrected chi connectivity index (χ2v) is 8.61. The van der Waals surface area contributed by atoms with Crippen LogP contribution < -0.4 is 18.9 Å². The molecule has 6 nitrogen and oxygen atoms in total. The highest BCUT2D eigenvalue weighted by Crippen LogP contribution is 2.43. The molecule has 0 aliphatic rings. The van der Waals surface area contributed by atoms with Crippen LogP contribution in [0.25, 0.3) is 22.3 Å². The minimum absolute atomic E-state index is 0.464. The highest BCUT2D eigenvalue weighted by atomic mass is 16.5. The SMILES string of the molecule is CCCCCCCCOc1cc(-c2cccc(OC)c2)c(OCC(=O)O)c(-c2cccc(OC)c2)c1. The zero-order valence-corrected chi connectivity index (χ0v) is 21.4. The van der Waals surface area contributed by atoms with Crippen molar-refractivity contribution in [1.82, 2.24) is 0 Å². The van der Waals surface area contributed by atoms with Crippen molar-refractivity contribution in [1.29, 1.82) is 0 Å². The molecule has 0 radical (unpaired) electrons. The van der Waals surface area contributed by atoms with Crippen LogP contribution in [0.5, 0.6) is 23.0 Å². The lowest BCUT2D eigenvalue weighted by molar-refractivity contribution is -0.139. The number of methoxy groups -OCH3 is 2. The zero-order chi connectivity index (χ0) is 25.8. The molecule has 0 spiro atoms. The Bertz CT molecular complexity index is 1060. The third-order valence-electron chi connectivity index (χ3n) is 5.93. The Balaban J connectivity index is 2.03. The van der Waals surface area contributed by atoms with Crippen LogP contribution in [0.4, 0.5) is 0 Å². The van der Waals surface area contributed by atoms with Crippen molar-refractivity contribution in [2.75, 3.05) is 27.4 Å². The van der Waals surface area contributed by atoms with E-state index < -0.39 is 12.6 Å². The number of carboxylic acids is 1. The van der Waals surface area contributed by atoms with Crippen LogP contribution in [-0.2, 0) is 4.79 Å². The largest absolute Gasteiger partial charge is 0.497 e. The van der Waals surface area contributed by atoms with E-state index in [1.807, 2.05) is 60.7 Å². The lowest BCUT2D eigenvalue weighted by Gasteiger charge is -2.19. The van der Waals surface area contributed by atoms with Gasteiger partial charge in [0.25, 0.3) is 0 Å². The molecule has 1 N–H and O–H groups in total. The molecule has 3 rings (SSSR count). The highest BCUT2D eigenvalue weighted by Gasteiger charge is 2.19. The first-order valence-electron chi connectivity index (χ1n) is 12.5. The Hall–Kier alpha value is -3.67. The van der Waals surface area contributed by atoms with Crippen molar-refractivity contribution in [3.8, 4) is 45.3 Å². The summed E-state index contributed by atoms with van der Waals surface area (Å²) in [6.45, 7) is 2.36. The molecule has 0 aromatic heterocycles. The molecule has 6 heteroatoms. The van der Waals surface area contributed by atoms with Gasteiger partial charge in [0.15, 0.2) is 6.61 Å². The Morgan fingerprint density at radius 1 is 0.722 bits per heavy atom. The molecule has 192 valence electrons. The number of ether oxygens (including phenoxy) is 4. The number of hydrogen-bond acceptors (Lipinski definition) is 5. The fourth-order valence-electron chi connectivity index (χ4n) is 4.06. The molecule has 0 fully saturated rings. The maximum atomic E-state index is 11.4. The van der Waals surface area contributed by atoms with Crippen LogP contribution in [0.15, 0.2) is 60.7 Å². The van der Waals surface area contributed by atoms with Gasteiger partial charge in [0.2, 0.25) is 0 Å². The maximum absolute atomic E-state index is 11.4. The maximum Gasteiger partial charge on any atom is 0.341 e. The van der Waals surface area contributed by atoms with E-state index in [0.29, 0.717) is 29.6 Å². The number of benzene rings is 3. The van der Waals surface area contributed by atoms with Gasteiger partial charge < -0.3 is 24.1 Å². The van der Waals surface area contributed by atoms with Crippen LogP contribution in [0.1, 0.15) is 45.4 Å². The van der Waals surface area contributed by atoms with Crippen molar-refractivity contribution in [2.45, 2.75) is 45.4 Å². The molecule has 0 saturated heterocycles. The van der Waals surface area contributed by atoms with Crippen LogP contribution in [0.3, 0.4) is 0 Å². The number of carboxylic acid groups (broad SMARTS) is 1. The number of hydrogen-bond donors (Lipinski definition) is 1. The summed E-state index contributed by atoms with van der Waals surface area (Å²) in [6.07, 6.45) is 7.07. The Kier molecular flexibility index (Phi) is 10.5. The van der Waals surface area contributed by atoms with E-state index in [1.54, 1.807) is 14.2 Å². The quantitative estimate of drug-likeness (QED) is 0.225. The predicted octanol–water partition coefficient (Wildman–Crippen LogP) is 7.24. The van der Waals surface area contributed by atoms with Crippen LogP contribution >= 0.6 is 0 Å². The molecular weight excluding hydrogens is 456 g/mol. The van der Waals surface area contributed by atoms with E-state index in [2.05, 4.69) is 6.92 Å². The summed E-state index contributed by atoms with van der Waals surface area (Å²) in [5.74, 6) is 1.50. The van der Waals surface area contributed by atoms with Crippen LogP contribution in [0.2, 0.25) is 0 Å². The molecule has 3 aromatic rings. The summed E-state index contributed by atoms with van der Waals surface area (Å²) in [5, 5.41) is 9.35. The molecule has 0 aliphatic heterocycles. The first-order chi connectivity index (χ1) is 17.5. The molecular formula is C30H36O6. The third-order valence-corrected chi connectivity index (χ3v) is 5.93. The molecule has 0 bridgehead atoms. The Morgan fingerprint density at radius 2 is 1.28 bits per heavy atom. The van der Waals surface area contributed by atoms with E-state index in [4.69, 9.17) is 18.9 Å². The Labute approximate surface area is 213 Å². The van der Waals surface area contributed by atoms with E-state index in [-0.39, 0.29) is 0 Å². The average Bonchev–Trinajstić information content (AvgIpc) is 2.91. The highest BCUT2D eigenvalue weighted by molar-refractivity contribution is 5.85. The molecule has 0 aliphatic carbocycles. The smallest absolute Gasteiger partial charge is 0.341 e. The molecule has 0 atom stereocenters. The molecule has 0 unspecified atom stereocenters. The van der Waals surface area contributed by atoms with Gasteiger partial charge in [-0.2, -0.15) is 0 Å². The normalized spacial score (nSPS) is 10.6. The average molecular weight is 493 g/mol. The van der Waals surface area contributed by atoms with Gasteiger partial charge in [-0.3, -0.25) is 0 Å². The summed E-state index contributed by atoms with van der Waals surface area (Å²) in [7, 11) is 3.23. The second kappa shape index (κ2) is 14.0. The van der Waals surface area contributed by atoms with Gasteiger partial charge in [-0.25, -0.2) is 4.79 Å². The Morgan fingerprint density at radius 3 is 1.81 bits per heavy atom. The molecule has 36 heavy (non-hydrogen) atoms. The monoisotopic (exact) mass is 492 g/mol. The van der Waals surface area contributed by atoms with Gasteiger partial charge in [-0.15, -0.1) is 0 Å². The summed E-state index contributed by atoms with van der Waals surface area (Å²) < 4.78 is 22.9. The fraction of sp³-hybridized carbons (Fsp3) is 0.367. The van der Waals surface area contributed by atoms with E-state index in [9.17, 15) is 9.90 Å². The topological polar surface area (TPSA) is 74.2 Å². The van der Waals surface area contributed by atoms with Gasteiger partial charge >= 0.3 is 5.97 Å². The number of aliphatic carboxylic acids is 1. The number of rotatable bonds is 15.